The molecule has 0 aliphatic heterocycles. The van der Waals surface area contributed by atoms with Gasteiger partial charge in [0.2, 0.25) is 0 Å². The zero-order chi connectivity index (χ0) is 13.1. The van der Waals surface area contributed by atoms with E-state index in [9.17, 15) is 0 Å². The highest BCUT2D eigenvalue weighted by atomic mass is 79.9. The van der Waals surface area contributed by atoms with Gasteiger partial charge in [-0.25, -0.2) is 0 Å². The summed E-state index contributed by atoms with van der Waals surface area (Å²) in [6, 6.07) is 22.6. The van der Waals surface area contributed by atoms with E-state index in [0.717, 1.165) is 21.3 Å². The van der Waals surface area contributed by atoms with Crippen molar-refractivity contribution < 1.29 is 0 Å². The lowest BCUT2D eigenvalue weighted by Gasteiger charge is -2.04. The molecule has 92 valence electrons. The molecule has 1 nitrogen and oxygen atoms in total. The second kappa shape index (κ2) is 5.37. The van der Waals surface area contributed by atoms with Gasteiger partial charge < -0.3 is 0 Å². The molecule has 19 heavy (non-hydrogen) atoms. The molecule has 0 fully saturated rings. The van der Waals surface area contributed by atoms with Gasteiger partial charge in [-0.1, -0.05) is 64.5 Å². The third-order valence-electron chi connectivity index (χ3n) is 3.01. The quantitative estimate of drug-likeness (QED) is 0.635. The fraction of sp³-hybridized carbons (Fsp3) is 0. The fourth-order valence-corrected chi connectivity index (χ4v) is 2.25. The van der Waals surface area contributed by atoms with Crippen LogP contribution >= 0.6 is 15.9 Å². The summed E-state index contributed by atoms with van der Waals surface area (Å²) in [6.07, 6.45) is 1.92. The van der Waals surface area contributed by atoms with Crippen LogP contribution in [0.2, 0.25) is 0 Å². The highest BCUT2D eigenvalue weighted by molar-refractivity contribution is 9.10. The summed E-state index contributed by atoms with van der Waals surface area (Å²) in [7, 11) is 0. The molecule has 1 aromatic heterocycles. The normalized spacial score (nSPS) is 10.4. The average molecular weight is 310 g/mol. The van der Waals surface area contributed by atoms with Gasteiger partial charge in [0.15, 0.2) is 0 Å². The predicted molar refractivity (Wildman–Crippen MR) is 82.8 cm³/mol. The van der Waals surface area contributed by atoms with Gasteiger partial charge in [-0.05, 0) is 23.8 Å². The minimum absolute atomic E-state index is 1.00. The molecule has 1 heterocycles. The van der Waals surface area contributed by atoms with Gasteiger partial charge >= 0.3 is 0 Å². The van der Waals surface area contributed by atoms with Gasteiger partial charge in [-0.3, -0.25) is 4.98 Å². The Bertz CT molecular complexity index is 658. The summed E-state index contributed by atoms with van der Waals surface area (Å²) in [5.74, 6) is 0. The van der Waals surface area contributed by atoms with Gasteiger partial charge in [-0.15, -0.1) is 0 Å². The van der Waals surface area contributed by atoms with Crippen molar-refractivity contribution in [2.45, 2.75) is 0 Å². The maximum atomic E-state index is 4.54. The van der Waals surface area contributed by atoms with Crippen LogP contribution in [0.4, 0.5) is 0 Å². The van der Waals surface area contributed by atoms with Crippen LogP contribution in [0.1, 0.15) is 0 Å². The minimum atomic E-state index is 1.00. The van der Waals surface area contributed by atoms with E-state index >= 15 is 0 Å². The van der Waals surface area contributed by atoms with Gasteiger partial charge in [0.05, 0.1) is 5.69 Å². The highest BCUT2D eigenvalue weighted by Gasteiger charge is 2.01. The van der Waals surface area contributed by atoms with E-state index in [1.807, 2.05) is 36.5 Å². The topological polar surface area (TPSA) is 12.9 Å². The molecule has 0 unspecified atom stereocenters. The van der Waals surface area contributed by atoms with Crippen molar-refractivity contribution in [1.82, 2.24) is 4.98 Å². The summed E-state index contributed by atoms with van der Waals surface area (Å²) < 4.78 is 1.09. The molecule has 0 bridgehead atoms. The van der Waals surface area contributed by atoms with E-state index in [1.54, 1.807) is 0 Å². The van der Waals surface area contributed by atoms with Crippen LogP contribution in [0.15, 0.2) is 77.4 Å². The van der Waals surface area contributed by atoms with Crippen LogP contribution in [0.25, 0.3) is 22.4 Å². The zero-order valence-corrected chi connectivity index (χ0v) is 11.8. The smallest absolute Gasteiger partial charge is 0.0702 e. The molecular formula is C17H12BrN. The molecule has 3 aromatic rings. The molecule has 0 saturated heterocycles. The molecule has 0 saturated carbocycles. The Morgan fingerprint density at radius 1 is 0.632 bits per heavy atom. The molecule has 2 heteroatoms. The number of halogens is 1. The van der Waals surface area contributed by atoms with E-state index in [0.29, 0.717) is 0 Å². The molecule has 0 aliphatic rings. The van der Waals surface area contributed by atoms with Crippen molar-refractivity contribution in [3.8, 4) is 22.4 Å². The lowest BCUT2D eigenvalue weighted by atomic mass is 10.1. The van der Waals surface area contributed by atoms with Crippen molar-refractivity contribution in [1.29, 1.82) is 0 Å². The van der Waals surface area contributed by atoms with Crippen molar-refractivity contribution >= 4 is 15.9 Å². The van der Waals surface area contributed by atoms with Crippen LogP contribution < -0.4 is 0 Å². The molecule has 0 spiro atoms. The van der Waals surface area contributed by atoms with Gasteiger partial charge in [0, 0.05) is 21.8 Å². The monoisotopic (exact) mass is 309 g/mol. The number of rotatable bonds is 2. The Morgan fingerprint density at radius 2 is 1.32 bits per heavy atom. The summed E-state index contributed by atoms with van der Waals surface area (Å²) in [6.45, 7) is 0. The average Bonchev–Trinajstić information content (AvgIpc) is 2.49. The van der Waals surface area contributed by atoms with Crippen LogP contribution in [-0.4, -0.2) is 4.98 Å². The summed E-state index contributed by atoms with van der Waals surface area (Å²) in [4.78, 5) is 4.54. The van der Waals surface area contributed by atoms with Crippen LogP contribution in [0, 0.1) is 0 Å². The van der Waals surface area contributed by atoms with Crippen molar-refractivity contribution in [3.63, 3.8) is 0 Å². The first-order valence-electron chi connectivity index (χ1n) is 6.10. The lowest BCUT2D eigenvalue weighted by molar-refractivity contribution is 1.32. The first kappa shape index (κ1) is 12.1. The maximum absolute atomic E-state index is 4.54. The molecule has 0 amide bonds. The fourth-order valence-electron chi connectivity index (χ4n) is 1.99. The SMILES string of the molecule is Brc1ccc(-c2ccc(-c3ccccc3)nc2)cc1. The Morgan fingerprint density at radius 3 is 1.95 bits per heavy atom. The van der Waals surface area contributed by atoms with Gasteiger partial charge in [-0.2, -0.15) is 0 Å². The van der Waals surface area contributed by atoms with Gasteiger partial charge in [0.25, 0.3) is 0 Å². The molecule has 2 aromatic carbocycles. The van der Waals surface area contributed by atoms with Crippen molar-refractivity contribution in [2.24, 2.45) is 0 Å². The Labute approximate surface area is 121 Å². The molecule has 0 radical (unpaired) electrons. The number of hydrogen-bond acceptors (Lipinski definition) is 1. The number of hydrogen-bond donors (Lipinski definition) is 0. The Balaban J connectivity index is 1.93. The zero-order valence-electron chi connectivity index (χ0n) is 10.3. The van der Waals surface area contributed by atoms with Crippen molar-refractivity contribution in [3.05, 3.63) is 77.4 Å². The molecule has 0 aliphatic carbocycles. The first-order chi connectivity index (χ1) is 9.33. The lowest BCUT2D eigenvalue weighted by Crippen LogP contribution is -1.84. The predicted octanol–water partition coefficient (Wildman–Crippen LogP) is 5.18. The van der Waals surface area contributed by atoms with E-state index < -0.39 is 0 Å². The summed E-state index contributed by atoms with van der Waals surface area (Å²) in [5, 5.41) is 0. The second-order valence-corrected chi connectivity index (χ2v) is 5.22. The standard InChI is InChI=1S/C17H12BrN/c18-16-9-6-13(7-10-16)15-8-11-17(19-12-15)14-4-2-1-3-5-14/h1-12H. The largest absolute Gasteiger partial charge is 0.256 e. The van der Waals surface area contributed by atoms with E-state index in [1.165, 1.54) is 5.56 Å². The van der Waals surface area contributed by atoms with Crippen molar-refractivity contribution in [2.75, 3.05) is 0 Å². The summed E-state index contributed by atoms with van der Waals surface area (Å²) >= 11 is 3.44. The van der Waals surface area contributed by atoms with E-state index in [2.05, 4.69) is 57.3 Å². The van der Waals surface area contributed by atoms with Crippen LogP contribution in [0.3, 0.4) is 0 Å². The third kappa shape index (κ3) is 2.74. The van der Waals surface area contributed by atoms with Gasteiger partial charge in [0.1, 0.15) is 0 Å². The van der Waals surface area contributed by atoms with E-state index in [-0.39, 0.29) is 0 Å². The van der Waals surface area contributed by atoms with E-state index in [4.69, 9.17) is 0 Å². The number of pyridine rings is 1. The summed E-state index contributed by atoms with van der Waals surface area (Å²) in [5.41, 5.74) is 4.45. The first-order valence-corrected chi connectivity index (χ1v) is 6.90. The van der Waals surface area contributed by atoms with Crippen LogP contribution in [0.5, 0.6) is 0 Å². The Hall–Kier alpha value is -1.93. The Kier molecular flexibility index (Phi) is 3.43. The number of nitrogens with zero attached hydrogens (tertiary/aromatic N) is 1. The molecule has 0 N–H and O–H groups in total. The second-order valence-electron chi connectivity index (χ2n) is 4.31. The minimum Gasteiger partial charge on any atom is -0.256 e. The number of benzene rings is 2. The third-order valence-corrected chi connectivity index (χ3v) is 3.54. The highest BCUT2D eigenvalue weighted by Crippen LogP contribution is 2.23. The molecule has 3 rings (SSSR count). The maximum Gasteiger partial charge on any atom is 0.0702 e. The number of aromatic nitrogens is 1. The molecule has 0 atom stereocenters. The van der Waals surface area contributed by atoms with Crippen LogP contribution in [-0.2, 0) is 0 Å². The molecular weight excluding hydrogens is 298 g/mol.